The third-order valence-corrected chi connectivity index (χ3v) is 12.2. The quantitative estimate of drug-likeness (QED) is 0.275. The van der Waals surface area contributed by atoms with Crippen LogP contribution in [0.2, 0.25) is 5.31 Å². The van der Waals surface area contributed by atoms with Crippen molar-refractivity contribution in [1.29, 1.82) is 0 Å². The molecule has 1 aliphatic heterocycles. The summed E-state index contributed by atoms with van der Waals surface area (Å²) in [7, 11) is 6.04. The van der Waals surface area contributed by atoms with Gasteiger partial charge >= 0.3 is 0 Å². The minimum Gasteiger partial charge on any atom is -0.392 e. The second-order valence-electron chi connectivity index (χ2n) is 15.8. The molecule has 1 aliphatic carbocycles. The maximum absolute atomic E-state index is 2.55. The summed E-state index contributed by atoms with van der Waals surface area (Å²) in [4.78, 5) is 5.11. The van der Waals surface area contributed by atoms with Gasteiger partial charge in [0.2, 0.25) is 0 Å². The lowest BCUT2D eigenvalue weighted by Crippen LogP contribution is -2.49. The second-order valence-corrected chi connectivity index (χ2v) is 17.0. The number of rotatable bonds is 3. The molecule has 1 heterocycles. The van der Waals surface area contributed by atoms with Crippen LogP contribution in [0.25, 0.3) is 0 Å². The average Bonchev–Trinajstić information content (AvgIpc) is 3.08. The Morgan fingerprint density at radius 1 is 0.667 bits per heavy atom. The Hall–Kier alpha value is -1.60. The third-order valence-electron chi connectivity index (χ3n) is 10.4. The van der Waals surface area contributed by atoms with E-state index in [9.17, 15) is 0 Å². The van der Waals surface area contributed by atoms with Crippen LogP contribution < -0.4 is 5.30 Å². The Labute approximate surface area is 243 Å². The molecule has 0 bridgehead atoms. The maximum Gasteiger partial charge on any atom is 0.0277 e. The van der Waals surface area contributed by atoms with Crippen LogP contribution in [0, 0.1) is 0 Å². The van der Waals surface area contributed by atoms with Crippen LogP contribution >= 0.6 is 8.07 Å². The van der Waals surface area contributed by atoms with Gasteiger partial charge in [0.15, 0.2) is 0 Å². The molecule has 0 N–H and O–H groups in total. The van der Waals surface area contributed by atoms with Crippen LogP contribution in [-0.2, 0) is 16.2 Å². The lowest BCUT2D eigenvalue weighted by atomic mass is 9.45. The van der Waals surface area contributed by atoms with E-state index >= 15 is 0 Å². The number of hydrogen-bond acceptors (Lipinski definition) is 2. The van der Waals surface area contributed by atoms with E-state index in [1.165, 1.54) is 47.3 Å². The van der Waals surface area contributed by atoms with Crippen molar-refractivity contribution in [3.05, 3.63) is 62.5 Å². The largest absolute Gasteiger partial charge is 0.392 e. The number of benzene rings is 1. The molecule has 0 spiro atoms. The Morgan fingerprint density at radius 3 is 1.33 bits per heavy atom. The third kappa shape index (κ3) is 5.27. The zero-order valence-electron chi connectivity index (χ0n) is 28.7. The van der Waals surface area contributed by atoms with E-state index in [0.29, 0.717) is 6.05 Å². The van der Waals surface area contributed by atoms with Crippen LogP contribution in [0.1, 0.15) is 127 Å². The number of hydrogen-bond donors (Lipinski definition) is 0. The lowest BCUT2D eigenvalue weighted by molar-refractivity contribution is 0.265. The summed E-state index contributed by atoms with van der Waals surface area (Å²) in [6, 6.07) is 5.73. The van der Waals surface area contributed by atoms with Gasteiger partial charge in [-0.15, -0.1) is 5.31 Å². The highest BCUT2D eigenvalue weighted by Crippen LogP contribution is 2.56. The molecule has 2 nitrogen and oxygen atoms in total. The highest BCUT2D eigenvalue weighted by molar-refractivity contribution is 7.60. The van der Waals surface area contributed by atoms with Crippen molar-refractivity contribution in [2.24, 2.45) is 0 Å². The van der Waals surface area contributed by atoms with Crippen LogP contribution in [0.15, 0.2) is 45.8 Å². The monoisotopic (exact) mass is 547 g/mol. The fourth-order valence-corrected chi connectivity index (χ4v) is 9.18. The first-order valence-electron chi connectivity index (χ1n) is 14.9. The van der Waals surface area contributed by atoms with Crippen molar-refractivity contribution in [2.75, 3.05) is 14.1 Å². The fourth-order valence-electron chi connectivity index (χ4n) is 6.64. The molecule has 0 saturated carbocycles. The summed E-state index contributed by atoms with van der Waals surface area (Å²) in [5, 5.41) is 1.52. The molecule has 1 aromatic carbocycles. The molecule has 0 unspecified atom stereocenters. The highest BCUT2D eigenvalue weighted by atomic mass is 31.1. The zero-order valence-corrected chi connectivity index (χ0v) is 29.5. The van der Waals surface area contributed by atoms with Gasteiger partial charge in [-0.05, 0) is 91.9 Å². The van der Waals surface area contributed by atoms with Gasteiger partial charge in [-0.2, -0.15) is 0 Å². The summed E-state index contributed by atoms with van der Waals surface area (Å²) < 4.78 is 0. The van der Waals surface area contributed by atoms with Gasteiger partial charge < -0.3 is 17.9 Å². The molecule has 0 saturated heterocycles. The Balaban J connectivity index is 2.56. The predicted molar refractivity (Wildman–Crippen MR) is 178 cm³/mol. The minimum atomic E-state index is -0.0270. The number of nitrogens with zero attached hydrogens (tertiary/aromatic N) is 2. The van der Waals surface area contributed by atoms with Crippen molar-refractivity contribution in [1.82, 2.24) is 9.80 Å². The summed E-state index contributed by atoms with van der Waals surface area (Å²) in [6.45, 7) is 38.1. The second kappa shape index (κ2) is 10.0. The summed E-state index contributed by atoms with van der Waals surface area (Å²) in [6.07, 6.45) is 0. The SMILES string of the molecule is CC1=C(C)C(C)([B-](=Pc2c(C(C)(C)C)cc(C(C)(C)C)cc2C(C)(C)C)C2N(C)C(C)=C(C)N2C)C(C)=C1C. The van der Waals surface area contributed by atoms with Crippen molar-refractivity contribution < 1.29 is 0 Å². The minimum absolute atomic E-state index is 0.0270. The molecule has 0 fully saturated rings. The van der Waals surface area contributed by atoms with Gasteiger partial charge in [-0.25, -0.2) is 0 Å². The summed E-state index contributed by atoms with van der Waals surface area (Å²) in [5.41, 5.74) is 13.5. The molecule has 4 heteroatoms. The Morgan fingerprint density at radius 2 is 1.03 bits per heavy atom. The van der Waals surface area contributed by atoms with Crippen LogP contribution in [0.5, 0.6) is 0 Å². The van der Waals surface area contributed by atoms with E-state index in [0.717, 1.165) is 0 Å². The molecular formula is C35H57BN2P-. The average molecular weight is 548 g/mol. The normalized spacial score (nSPS) is 19.9. The van der Waals surface area contributed by atoms with Gasteiger partial charge in [-0.3, -0.25) is 0 Å². The summed E-state index contributed by atoms with van der Waals surface area (Å²) >= 11 is 0. The Bertz CT molecular complexity index is 1220. The van der Waals surface area contributed by atoms with Crippen molar-refractivity contribution in [3.8, 4) is 0 Å². The first-order valence-corrected chi connectivity index (χ1v) is 15.8. The highest BCUT2D eigenvalue weighted by Gasteiger charge is 2.39. The first-order chi connectivity index (χ1) is 17.5. The molecule has 3 rings (SSSR count). The van der Waals surface area contributed by atoms with Crippen molar-refractivity contribution in [2.45, 2.75) is 138 Å². The van der Waals surface area contributed by atoms with E-state index in [1.54, 1.807) is 16.5 Å². The molecule has 39 heavy (non-hydrogen) atoms. The van der Waals surface area contributed by atoms with Crippen molar-refractivity contribution in [3.63, 3.8) is 0 Å². The number of allylic oxidation sites excluding steroid dienone is 6. The first kappa shape index (κ1) is 31.9. The smallest absolute Gasteiger partial charge is 0.0277 e. The van der Waals surface area contributed by atoms with E-state index in [2.05, 4.69) is 147 Å². The van der Waals surface area contributed by atoms with Crippen LogP contribution in [0.4, 0.5) is 0 Å². The Kier molecular flexibility index (Phi) is 8.22. The molecule has 0 radical (unpaired) electrons. The zero-order chi connectivity index (χ0) is 30.2. The molecular weight excluding hydrogens is 490 g/mol. The van der Waals surface area contributed by atoms with Gasteiger partial charge in [-0.1, -0.05) is 104 Å². The maximum atomic E-state index is 2.55. The molecule has 2 aliphatic rings. The molecule has 1 aromatic rings. The summed E-state index contributed by atoms with van der Waals surface area (Å²) in [5.74, 6) is 0. The topological polar surface area (TPSA) is 6.48 Å². The molecule has 0 aromatic heterocycles. The van der Waals surface area contributed by atoms with Gasteiger partial charge in [0, 0.05) is 25.5 Å². The molecule has 216 valence electrons. The van der Waals surface area contributed by atoms with E-state index in [1.807, 2.05) is 0 Å². The van der Waals surface area contributed by atoms with Crippen LogP contribution in [0.3, 0.4) is 0 Å². The van der Waals surface area contributed by atoms with E-state index in [4.69, 9.17) is 0 Å². The van der Waals surface area contributed by atoms with Gasteiger partial charge in [0.1, 0.15) is 0 Å². The van der Waals surface area contributed by atoms with Gasteiger partial charge in [0.05, 0.1) is 0 Å². The molecule has 0 amide bonds. The molecule has 0 atom stereocenters. The standard InChI is InChI=1S/C35H57BN2P/c1-21-22(2)24(4)35(16,23(21)3)36(31-37(17)25(5)26(6)38(31)18)39-30-28(33(10,11)12)19-27(32(7,8)9)20-29(30)34(13,14)15/h19-20,31H,1-18H3/q-1. The lowest BCUT2D eigenvalue weighted by Gasteiger charge is -2.51. The van der Waals surface area contributed by atoms with Gasteiger partial charge in [0.25, 0.3) is 0 Å². The van der Waals surface area contributed by atoms with Crippen LogP contribution in [-0.4, -0.2) is 36.0 Å². The van der Waals surface area contributed by atoms with E-state index < -0.39 is 0 Å². The van der Waals surface area contributed by atoms with Crippen molar-refractivity contribution >= 4 is 19.4 Å². The predicted octanol–water partition coefficient (Wildman–Crippen LogP) is 9.58. The van der Waals surface area contributed by atoms with E-state index in [-0.39, 0.29) is 27.6 Å². The fraction of sp³-hybridized carbons (Fsp3) is 0.657.